The number of hydrogen-bond donors (Lipinski definition) is 1. The van der Waals surface area contributed by atoms with Crippen LogP contribution in [0.3, 0.4) is 0 Å². The predicted molar refractivity (Wildman–Crippen MR) is 79.5 cm³/mol. The Hall–Kier alpha value is -0.710. The first-order valence-electron chi connectivity index (χ1n) is 6.57. The van der Waals surface area contributed by atoms with Gasteiger partial charge in [0.15, 0.2) is 0 Å². The summed E-state index contributed by atoms with van der Waals surface area (Å²) in [6, 6.07) is 4.92. The predicted octanol–water partition coefficient (Wildman–Crippen LogP) is 4.17. The van der Waals surface area contributed by atoms with Crippen LogP contribution in [0.25, 0.3) is 9.88 Å². The lowest BCUT2D eigenvalue weighted by molar-refractivity contribution is 0.476. The van der Waals surface area contributed by atoms with E-state index in [0.29, 0.717) is 6.04 Å². The number of aromatic nitrogens is 1. The summed E-state index contributed by atoms with van der Waals surface area (Å²) in [5, 5.41) is 4.80. The van der Waals surface area contributed by atoms with E-state index in [9.17, 15) is 0 Å². The molecule has 3 rings (SSSR count). The lowest BCUT2D eigenvalue weighted by Gasteiger charge is -2.21. The van der Waals surface area contributed by atoms with Crippen LogP contribution in [0, 0.1) is 6.92 Å². The second kappa shape index (κ2) is 5.11. The van der Waals surface area contributed by atoms with Gasteiger partial charge in [-0.2, -0.15) is 0 Å². The molecule has 1 aliphatic carbocycles. The van der Waals surface area contributed by atoms with Gasteiger partial charge < -0.3 is 5.32 Å². The number of aryl methyl sites for hydroxylation is 2. The Kier molecular flexibility index (Phi) is 3.50. The Labute approximate surface area is 116 Å². The molecule has 0 bridgehead atoms. The average molecular weight is 278 g/mol. The highest BCUT2D eigenvalue weighted by Gasteiger charge is 2.24. The summed E-state index contributed by atoms with van der Waals surface area (Å²) in [5.74, 6) is 0. The quantitative estimate of drug-likeness (QED) is 0.911. The van der Waals surface area contributed by atoms with Gasteiger partial charge in [0.25, 0.3) is 0 Å². The average Bonchev–Trinajstić information content (AvgIpc) is 2.95. The summed E-state index contributed by atoms with van der Waals surface area (Å²) in [5.41, 5.74) is 1.33. The van der Waals surface area contributed by atoms with Gasteiger partial charge in [-0.15, -0.1) is 22.7 Å². The van der Waals surface area contributed by atoms with E-state index in [1.54, 1.807) is 0 Å². The van der Waals surface area contributed by atoms with Crippen molar-refractivity contribution in [2.75, 3.05) is 6.54 Å². The summed E-state index contributed by atoms with van der Waals surface area (Å²) < 4.78 is 0. The summed E-state index contributed by atoms with van der Waals surface area (Å²) in [4.78, 5) is 9.02. The molecule has 0 amide bonds. The van der Waals surface area contributed by atoms with Crippen LogP contribution in [0.5, 0.6) is 0 Å². The summed E-state index contributed by atoms with van der Waals surface area (Å²) in [7, 11) is 0. The van der Waals surface area contributed by atoms with Gasteiger partial charge in [-0.25, -0.2) is 4.98 Å². The van der Waals surface area contributed by atoms with E-state index in [2.05, 4.69) is 31.3 Å². The Bertz CT molecular complexity index is 542. The molecule has 2 heterocycles. The lowest BCUT2D eigenvalue weighted by Crippen LogP contribution is -2.23. The normalized spacial score (nSPS) is 18.9. The van der Waals surface area contributed by atoms with Crippen LogP contribution in [-0.4, -0.2) is 11.5 Å². The van der Waals surface area contributed by atoms with E-state index in [4.69, 9.17) is 4.98 Å². The van der Waals surface area contributed by atoms with Crippen molar-refractivity contribution in [1.29, 1.82) is 0 Å². The van der Waals surface area contributed by atoms with Gasteiger partial charge in [0.2, 0.25) is 0 Å². The van der Waals surface area contributed by atoms with E-state index in [0.717, 1.165) is 13.0 Å². The van der Waals surface area contributed by atoms with Crippen LogP contribution < -0.4 is 5.32 Å². The van der Waals surface area contributed by atoms with Gasteiger partial charge in [0.1, 0.15) is 5.01 Å². The van der Waals surface area contributed by atoms with E-state index in [1.807, 2.05) is 22.7 Å². The zero-order valence-corrected chi connectivity index (χ0v) is 12.5. The fraction of sp³-hybridized carbons (Fsp3) is 0.500. The Morgan fingerprint density at radius 3 is 3.00 bits per heavy atom. The van der Waals surface area contributed by atoms with Crippen molar-refractivity contribution < 1.29 is 0 Å². The molecule has 0 aromatic carbocycles. The zero-order chi connectivity index (χ0) is 12.5. The first-order valence-corrected chi connectivity index (χ1v) is 8.21. The van der Waals surface area contributed by atoms with E-state index >= 15 is 0 Å². The van der Waals surface area contributed by atoms with Crippen LogP contribution in [0.1, 0.15) is 41.3 Å². The Balaban J connectivity index is 1.95. The minimum Gasteiger partial charge on any atom is -0.309 e. The Morgan fingerprint density at radius 2 is 2.28 bits per heavy atom. The SMILES string of the molecule is CCNC1CCCc2nc(-c3ccc(C)s3)sc21. The smallest absolute Gasteiger partial charge is 0.133 e. The van der Waals surface area contributed by atoms with Gasteiger partial charge in [-0.1, -0.05) is 6.92 Å². The molecule has 2 nitrogen and oxygen atoms in total. The molecule has 4 heteroatoms. The maximum absolute atomic E-state index is 4.86. The third-order valence-corrected chi connectivity index (χ3v) is 5.73. The highest BCUT2D eigenvalue weighted by atomic mass is 32.1. The summed E-state index contributed by atoms with van der Waals surface area (Å²) >= 11 is 3.73. The molecule has 2 aromatic rings. The van der Waals surface area contributed by atoms with Crippen molar-refractivity contribution in [3.8, 4) is 9.88 Å². The molecule has 2 aromatic heterocycles. The van der Waals surface area contributed by atoms with Crippen LogP contribution in [-0.2, 0) is 6.42 Å². The molecule has 0 saturated heterocycles. The van der Waals surface area contributed by atoms with Crippen LogP contribution in [0.15, 0.2) is 12.1 Å². The first-order chi connectivity index (χ1) is 8.78. The minimum absolute atomic E-state index is 0.533. The third-order valence-electron chi connectivity index (χ3n) is 3.35. The molecule has 18 heavy (non-hydrogen) atoms. The molecule has 0 radical (unpaired) electrons. The lowest BCUT2D eigenvalue weighted by atomic mass is 9.98. The number of rotatable bonds is 3. The van der Waals surface area contributed by atoms with Crippen molar-refractivity contribution in [2.24, 2.45) is 0 Å². The van der Waals surface area contributed by atoms with Gasteiger partial charge in [-0.05, 0) is 44.9 Å². The number of hydrogen-bond acceptors (Lipinski definition) is 4. The van der Waals surface area contributed by atoms with Gasteiger partial charge >= 0.3 is 0 Å². The molecule has 0 saturated carbocycles. The fourth-order valence-corrected chi connectivity index (χ4v) is 4.66. The van der Waals surface area contributed by atoms with Crippen molar-refractivity contribution in [1.82, 2.24) is 10.3 Å². The van der Waals surface area contributed by atoms with Crippen LogP contribution >= 0.6 is 22.7 Å². The molecule has 1 N–H and O–H groups in total. The monoisotopic (exact) mass is 278 g/mol. The highest BCUT2D eigenvalue weighted by Crippen LogP contribution is 2.39. The second-order valence-electron chi connectivity index (χ2n) is 4.74. The third kappa shape index (κ3) is 2.25. The minimum atomic E-state index is 0.533. The zero-order valence-electron chi connectivity index (χ0n) is 10.8. The van der Waals surface area contributed by atoms with E-state index in [1.165, 1.54) is 38.2 Å². The molecule has 96 valence electrons. The largest absolute Gasteiger partial charge is 0.309 e. The van der Waals surface area contributed by atoms with Crippen LogP contribution in [0.2, 0.25) is 0 Å². The summed E-state index contributed by atoms with van der Waals surface area (Å²) in [6.45, 7) is 5.37. The molecule has 0 fully saturated rings. The molecule has 0 aliphatic heterocycles. The molecule has 1 aliphatic rings. The van der Waals surface area contributed by atoms with Crippen molar-refractivity contribution in [3.05, 3.63) is 27.6 Å². The molecule has 1 unspecified atom stereocenters. The highest BCUT2D eigenvalue weighted by molar-refractivity contribution is 7.21. The van der Waals surface area contributed by atoms with Crippen molar-refractivity contribution in [2.45, 2.75) is 39.2 Å². The maximum Gasteiger partial charge on any atom is 0.133 e. The Morgan fingerprint density at radius 1 is 1.39 bits per heavy atom. The molecule has 0 spiro atoms. The van der Waals surface area contributed by atoms with Gasteiger partial charge in [0, 0.05) is 15.8 Å². The maximum atomic E-state index is 4.86. The fourth-order valence-electron chi connectivity index (χ4n) is 2.52. The number of nitrogens with zero attached hydrogens (tertiary/aromatic N) is 1. The number of fused-ring (bicyclic) bond motifs is 1. The van der Waals surface area contributed by atoms with E-state index < -0.39 is 0 Å². The number of thiazole rings is 1. The standard InChI is InChI=1S/C14H18N2S2/c1-3-15-10-5-4-6-11-13(10)18-14(16-11)12-8-7-9(2)17-12/h7-8,10,15H,3-6H2,1-2H3. The van der Waals surface area contributed by atoms with Crippen molar-refractivity contribution in [3.63, 3.8) is 0 Å². The van der Waals surface area contributed by atoms with Crippen LogP contribution in [0.4, 0.5) is 0 Å². The van der Waals surface area contributed by atoms with Gasteiger partial charge in [0.05, 0.1) is 10.6 Å². The second-order valence-corrected chi connectivity index (χ2v) is 7.06. The first kappa shape index (κ1) is 12.3. The molecular formula is C14H18N2S2. The van der Waals surface area contributed by atoms with Crippen molar-refractivity contribution >= 4 is 22.7 Å². The molecular weight excluding hydrogens is 260 g/mol. The number of nitrogens with one attached hydrogen (secondary N) is 1. The molecule has 1 atom stereocenters. The topological polar surface area (TPSA) is 24.9 Å². The van der Waals surface area contributed by atoms with Gasteiger partial charge in [-0.3, -0.25) is 0 Å². The van der Waals surface area contributed by atoms with E-state index in [-0.39, 0.29) is 0 Å². The summed E-state index contributed by atoms with van der Waals surface area (Å²) in [6.07, 6.45) is 3.67. The number of thiophene rings is 1.